The van der Waals surface area contributed by atoms with Gasteiger partial charge in [0, 0.05) is 0 Å². The molecule has 1 N–H and O–H groups in total. The second-order valence-electron chi connectivity index (χ2n) is 11.1. The van der Waals surface area contributed by atoms with Crippen molar-refractivity contribution in [2.24, 2.45) is 0 Å². The maximum Gasteiger partial charge on any atom is 0.474 e. The van der Waals surface area contributed by atoms with Crippen molar-refractivity contribution in [2.45, 2.75) is 135 Å². The van der Waals surface area contributed by atoms with Gasteiger partial charge in [-0.15, -0.1) is 0 Å². The maximum absolute atomic E-state index is 12.4. The average molecular weight is 517 g/mol. The lowest BCUT2D eigenvalue weighted by Crippen LogP contribution is -2.49. The lowest BCUT2D eigenvalue weighted by Gasteiger charge is -2.37. The Bertz CT molecular complexity index is 625. The number of phosphoric ester groups is 1. The first-order chi connectivity index (χ1) is 16.8. The van der Waals surface area contributed by atoms with Crippen molar-refractivity contribution in [2.75, 3.05) is 33.3 Å². The molecule has 1 saturated heterocycles. The number of likely N-dealkylation sites (tertiary alicyclic amines) is 1. The summed E-state index contributed by atoms with van der Waals surface area (Å²) >= 11 is 0. The van der Waals surface area contributed by atoms with Crippen LogP contribution in [0.15, 0.2) is 11.6 Å². The third kappa shape index (κ3) is 14.3. The molecule has 2 aliphatic rings. The molecule has 0 aromatic rings. The van der Waals surface area contributed by atoms with Gasteiger partial charge in [0.15, 0.2) is 6.29 Å². The monoisotopic (exact) mass is 516 g/mol. The first-order valence-corrected chi connectivity index (χ1v) is 16.1. The first-order valence-electron chi connectivity index (χ1n) is 14.6. The highest BCUT2D eigenvalue weighted by Gasteiger charge is 2.30. The Morgan fingerprint density at radius 2 is 1.60 bits per heavy atom. The minimum Gasteiger partial charge on any atom is -0.349 e. The van der Waals surface area contributed by atoms with E-state index in [2.05, 4.69) is 20.0 Å². The number of phosphoric acid groups is 1. The number of quaternary nitrogens is 1. The fourth-order valence-electron chi connectivity index (χ4n) is 5.45. The maximum atomic E-state index is 12.4. The number of allylic oxidation sites excluding steroid dienone is 2. The number of hydrogen-bond donors (Lipinski definition) is 1. The van der Waals surface area contributed by atoms with Crippen molar-refractivity contribution in [1.29, 1.82) is 0 Å². The molecule has 0 amide bonds. The van der Waals surface area contributed by atoms with Crippen LogP contribution in [0.5, 0.6) is 0 Å². The number of hydrogen-bond acceptors (Lipinski definition) is 4. The number of nitrogens with zero attached hydrogens (tertiary/aromatic N) is 1. The fraction of sp³-hybridized carbons (Fsp3) is 0.929. The molecule has 1 aliphatic heterocycles. The summed E-state index contributed by atoms with van der Waals surface area (Å²) in [6.07, 6.45) is 23.0. The Kier molecular flexibility index (Phi) is 15.3. The molecule has 2 atom stereocenters. The third-order valence-corrected chi connectivity index (χ3v) is 8.83. The number of unbranched alkanes of at least 4 members (excludes halogenated alkanes) is 9. The summed E-state index contributed by atoms with van der Waals surface area (Å²) in [5, 5.41) is 0. The molecule has 0 spiro atoms. The number of ether oxygens (including phenoxy) is 1. The molecule has 7 heteroatoms. The summed E-state index contributed by atoms with van der Waals surface area (Å²) in [5.74, 6) is 0. The topological polar surface area (TPSA) is 65.0 Å². The van der Waals surface area contributed by atoms with Gasteiger partial charge < -0.3 is 14.1 Å². The van der Waals surface area contributed by atoms with Gasteiger partial charge in [0.1, 0.15) is 13.2 Å². The minimum atomic E-state index is -4.11. The highest BCUT2D eigenvalue weighted by molar-refractivity contribution is 7.47. The van der Waals surface area contributed by atoms with Crippen LogP contribution in [0.1, 0.15) is 123 Å². The van der Waals surface area contributed by atoms with E-state index in [1.807, 2.05) is 0 Å². The second-order valence-corrected chi connectivity index (χ2v) is 12.5. The fourth-order valence-corrected chi connectivity index (χ4v) is 6.25. The van der Waals surface area contributed by atoms with Crippen molar-refractivity contribution in [3.05, 3.63) is 11.6 Å². The molecule has 1 heterocycles. The van der Waals surface area contributed by atoms with Gasteiger partial charge >= 0.3 is 7.82 Å². The van der Waals surface area contributed by atoms with E-state index < -0.39 is 14.1 Å². The summed E-state index contributed by atoms with van der Waals surface area (Å²) in [6.45, 7) is 7.15. The Morgan fingerprint density at radius 3 is 2.23 bits per heavy atom. The Morgan fingerprint density at radius 1 is 1.00 bits per heavy atom. The van der Waals surface area contributed by atoms with E-state index in [1.165, 1.54) is 83.5 Å². The van der Waals surface area contributed by atoms with Gasteiger partial charge in [-0.1, -0.05) is 69.9 Å². The van der Waals surface area contributed by atoms with Gasteiger partial charge in [-0.3, -0.25) is 9.05 Å². The normalized spacial score (nSPS) is 23.1. The van der Waals surface area contributed by atoms with Gasteiger partial charge in [0.2, 0.25) is 0 Å². The Hall–Kier alpha value is -0.230. The lowest BCUT2D eigenvalue weighted by molar-refractivity contribution is -0.914. The van der Waals surface area contributed by atoms with Gasteiger partial charge in [-0.25, -0.2) is 4.57 Å². The molecule has 1 aliphatic carbocycles. The van der Waals surface area contributed by atoms with Crippen LogP contribution in [-0.2, 0) is 18.3 Å². The summed E-state index contributed by atoms with van der Waals surface area (Å²) in [6, 6.07) is 0. The van der Waals surface area contributed by atoms with Crippen LogP contribution >= 0.6 is 7.82 Å². The lowest BCUT2D eigenvalue weighted by atomic mass is 9.91. The quantitative estimate of drug-likeness (QED) is 0.0659. The molecule has 35 heavy (non-hydrogen) atoms. The SMILES string of the molecule is CCCCCCCCCCCC=C1CCC(OC(C)OP(=O)(O)OCC[N+]2(C)CCCCC2)CC1. The molecule has 206 valence electrons. The number of piperidine rings is 1. The molecule has 2 unspecified atom stereocenters. The standard InChI is InChI=1S/C28H54NO5P/c1-4-5-6-7-8-9-10-11-12-14-17-27-18-20-28(21-19-27)33-26(2)34-35(30,31)32-25-24-29(3)22-15-13-16-23-29/h17,26,28H,4-16,18-25H2,1-3H3/p+1. The molecule has 0 bridgehead atoms. The molecule has 0 aromatic carbocycles. The van der Waals surface area contributed by atoms with E-state index in [-0.39, 0.29) is 12.7 Å². The van der Waals surface area contributed by atoms with E-state index in [4.69, 9.17) is 13.8 Å². The average Bonchev–Trinajstić information content (AvgIpc) is 2.81. The van der Waals surface area contributed by atoms with E-state index in [0.717, 1.165) is 49.8 Å². The van der Waals surface area contributed by atoms with Gasteiger partial charge in [0.05, 0.1) is 26.2 Å². The summed E-state index contributed by atoms with van der Waals surface area (Å²) in [7, 11) is -1.91. The summed E-state index contributed by atoms with van der Waals surface area (Å²) in [4.78, 5) is 10.1. The molecule has 0 aromatic heterocycles. The van der Waals surface area contributed by atoms with Gasteiger partial charge in [-0.05, 0) is 64.7 Å². The van der Waals surface area contributed by atoms with Crippen molar-refractivity contribution in [3.8, 4) is 0 Å². The molecule has 6 nitrogen and oxygen atoms in total. The van der Waals surface area contributed by atoms with Crippen LogP contribution in [-0.4, -0.2) is 55.1 Å². The largest absolute Gasteiger partial charge is 0.474 e. The Balaban J connectivity index is 1.52. The molecule has 0 radical (unpaired) electrons. The van der Waals surface area contributed by atoms with E-state index in [1.54, 1.807) is 12.5 Å². The van der Waals surface area contributed by atoms with Crippen LogP contribution in [0.25, 0.3) is 0 Å². The third-order valence-electron chi connectivity index (χ3n) is 7.76. The van der Waals surface area contributed by atoms with Crippen molar-refractivity contribution in [3.63, 3.8) is 0 Å². The second kappa shape index (κ2) is 17.3. The number of rotatable bonds is 18. The summed E-state index contributed by atoms with van der Waals surface area (Å²) in [5.41, 5.74) is 1.54. The van der Waals surface area contributed by atoms with Crippen LogP contribution in [0.4, 0.5) is 0 Å². The van der Waals surface area contributed by atoms with Crippen molar-refractivity contribution in [1.82, 2.24) is 0 Å². The zero-order valence-electron chi connectivity index (χ0n) is 23.1. The predicted molar refractivity (Wildman–Crippen MR) is 144 cm³/mol. The van der Waals surface area contributed by atoms with Crippen LogP contribution in [0, 0.1) is 0 Å². The van der Waals surface area contributed by atoms with Gasteiger partial charge in [0.25, 0.3) is 0 Å². The number of likely N-dealkylation sites (N-methyl/N-ethyl adjacent to an activating group) is 1. The van der Waals surface area contributed by atoms with Crippen LogP contribution in [0.3, 0.4) is 0 Å². The highest BCUT2D eigenvalue weighted by atomic mass is 31.2. The van der Waals surface area contributed by atoms with Crippen LogP contribution in [0.2, 0.25) is 0 Å². The van der Waals surface area contributed by atoms with Crippen molar-refractivity contribution < 1.29 is 27.7 Å². The molecule has 2 rings (SSSR count). The molecular weight excluding hydrogens is 461 g/mol. The highest BCUT2D eigenvalue weighted by Crippen LogP contribution is 2.45. The minimum absolute atomic E-state index is 0.0766. The van der Waals surface area contributed by atoms with Crippen LogP contribution < -0.4 is 0 Å². The van der Waals surface area contributed by atoms with Gasteiger partial charge in [-0.2, -0.15) is 0 Å². The van der Waals surface area contributed by atoms with Crippen molar-refractivity contribution >= 4 is 7.82 Å². The molecule has 1 saturated carbocycles. The van der Waals surface area contributed by atoms with E-state index >= 15 is 0 Å². The zero-order valence-corrected chi connectivity index (χ0v) is 24.0. The smallest absolute Gasteiger partial charge is 0.349 e. The zero-order chi connectivity index (χ0) is 25.4. The Labute approximate surface area is 216 Å². The van der Waals surface area contributed by atoms with E-state index in [9.17, 15) is 9.46 Å². The summed E-state index contributed by atoms with van der Waals surface area (Å²) < 4.78 is 29.7. The first kappa shape index (κ1) is 31.0. The molecular formula is C28H55NO5P+. The predicted octanol–water partition coefficient (Wildman–Crippen LogP) is 7.90. The van der Waals surface area contributed by atoms with E-state index in [0.29, 0.717) is 0 Å². The molecule has 2 fully saturated rings.